The van der Waals surface area contributed by atoms with Gasteiger partial charge in [-0.25, -0.2) is 0 Å². The summed E-state index contributed by atoms with van der Waals surface area (Å²) in [7, 11) is 0. The zero-order valence-corrected chi connectivity index (χ0v) is 23.2. The first kappa shape index (κ1) is 32.4. The third kappa shape index (κ3) is 14.9. The number of aliphatic imine (C=N–C) groups is 1. The third-order valence-electron chi connectivity index (χ3n) is 5.22. The molecule has 1 aromatic heterocycles. The van der Waals surface area contributed by atoms with E-state index in [1.807, 2.05) is 79.0 Å². The molecule has 0 saturated carbocycles. The Kier molecular flexibility index (Phi) is 18.5. The molecule has 0 bridgehead atoms. The lowest BCUT2D eigenvalue weighted by atomic mass is 9.82. The van der Waals surface area contributed by atoms with Crippen molar-refractivity contribution in [3.8, 4) is 0 Å². The smallest absolute Gasteiger partial charge is 0.0395 e. The molecule has 0 amide bonds. The Hall–Kier alpha value is -2.74. The SMILES string of the molecule is C/C=C\C.C=C(C)C(C)=N/C=C(\C)c1ccncc1.CC.CCC(C)(C)c1cccc(C)c1. The summed E-state index contributed by atoms with van der Waals surface area (Å²) in [5.74, 6) is 0. The highest BCUT2D eigenvalue weighted by Gasteiger charge is 2.17. The summed E-state index contributed by atoms with van der Waals surface area (Å²) in [5, 5.41) is 0. The summed E-state index contributed by atoms with van der Waals surface area (Å²) in [6.45, 7) is 26.8. The summed E-state index contributed by atoms with van der Waals surface area (Å²) < 4.78 is 0. The number of benzene rings is 1. The van der Waals surface area contributed by atoms with Crippen LogP contribution in [-0.2, 0) is 5.41 Å². The van der Waals surface area contributed by atoms with Crippen molar-refractivity contribution in [1.82, 2.24) is 4.98 Å². The molecule has 0 atom stereocenters. The quantitative estimate of drug-likeness (QED) is 0.330. The maximum Gasteiger partial charge on any atom is 0.0395 e. The Morgan fingerprint density at radius 2 is 1.55 bits per heavy atom. The minimum Gasteiger partial charge on any atom is -0.265 e. The summed E-state index contributed by atoms with van der Waals surface area (Å²) in [5.41, 5.74) is 7.35. The fraction of sp³-hybridized carbons (Fsp3) is 0.419. The van der Waals surface area contributed by atoms with Crippen LogP contribution >= 0.6 is 0 Å². The minimum absolute atomic E-state index is 0.325. The van der Waals surface area contributed by atoms with E-state index in [1.54, 1.807) is 12.4 Å². The number of nitrogens with zero attached hydrogens (tertiary/aromatic N) is 2. The number of allylic oxidation sites excluding steroid dienone is 4. The lowest BCUT2D eigenvalue weighted by Crippen LogP contribution is -2.15. The topological polar surface area (TPSA) is 25.2 Å². The van der Waals surface area contributed by atoms with Crippen molar-refractivity contribution in [2.24, 2.45) is 4.99 Å². The Labute approximate surface area is 205 Å². The van der Waals surface area contributed by atoms with Crippen molar-refractivity contribution in [2.45, 2.75) is 88.0 Å². The summed E-state index contributed by atoms with van der Waals surface area (Å²) >= 11 is 0. The Bertz CT molecular complexity index is 865. The first-order valence-corrected chi connectivity index (χ1v) is 12.0. The van der Waals surface area contributed by atoms with Crippen LogP contribution in [0.5, 0.6) is 0 Å². The third-order valence-corrected chi connectivity index (χ3v) is 5.22. The first-order chi connectivity index (χ1) is 15.6. The Morgan fingerprint density at radius 3 is 1.97 bits per heavy atom. The van der Waals surface area contributed by atoms with Gasteiger partial charge in [0.2, 0.25) is 0 Å². The molecule has 0 fully saturated rings. The molecule has 33 heavy (non-hydrogen) atoms. The van der Waals surface area contributed by atoms with Gasteiger partial charge in [0.1, 0.15) is 0 Å². The first-order valence-electron chi connectivity index (χ1n) is 12.0. The zero-order chi connectivity index (χ0) is 25.9. The van der Waals surface area contributed by atoms with E-state index in [0.29, 0.717) is 5.41 Å². The van der Waals surface area contributed by atoms with Crippen LogP contribution in [0.1, 0.15) is 92.3 Å². The van der Waals surface area contributed by atoms with Gasteiger partial charge in [-0.2, -0.15) is 0 Å². The molecular weight excluding hydrogens is 400 g/mol. The van der Waals surface area contributed by atoms with E-state index >= 15 is 0 Å². The lowest BCUT2D eigenvalue weighted by molar-refractivity contribution is 0.506. The molecular formula is C31H48N2. The largest absolute Gasteiger partial charge is 0.265 e. The normalized spacial score (nSPS) is 11.4. The number of aryl methyl sites for hydroxylation is 1. The molecule has 0 unspecified atom stereocenters. The number of hydrogen-bond acceptors (Lipinski definition) is 2. The van der Waals surface area contributed by atoms with Crippen molar-refractivity contribution in [3.63, 3.8) is 0 Å². The highest BCUT2D eigenvalue weighted by atomic mass is 14.7. The highest BCUT2D eigenvalue weighted by Crippen LogP contribution is 2.26. The van der Waals surface area contributed by atoms with Crippen LogP contribution in [0.15, 0.2) is 84.3 Å². The average Bonchev–Trinajstić information content (AvgIpc) is 2.84. The van der Waals surface area contributed by atoms with Crippen molar-refractivity contribution < 1.29 is 0 Å². The molecule has 182 valence electrons. The molecule has 0 aliphatic carbocycles. The van der Waals surface area contributed by atoms with Gasteiger partial charge in [-0.3, -0.25) is 9.98 Å². The summed E-state index contributed by atoms with van der Waals surface area (Å²) in [4.78, 5) is 8.31. The number of hydrogen-bond donors (Lipinski definition) is 0. The second-order valence-electron chi connectivity index (χ2n) is 8.32. The molecule has 0 aliphatic rings. The molecule has 1 heterocycles. The van der Waals surface area contributed by atoms with E-state index in [0.717, 1.165) is 22.4 Å². The maximum atomic E-state index is 4.33. The van der Waals surface area contributed by atoms with Crippen molar-refractivity contribution in [3.05, 3.63) is 96.0 Å². The van der Waals surface area contributed by atoms with Gasteiger partial charge in [0.25, 0.3) is 0 Å². The second kappa shape index (κ2) is 18.8. The maximum absolute atomic E-state index is 4.33. The van der Waals surface area contributed by atoms with Gasteiger partial charge in [0, 0.05) is 24.3 Å². The van der Waals surface area contributed by atoms with Crippen LogP contribution in [0.4, 0.5) is 0 Å². The van der Waals surface area contributed by atoms with Gasteiger partial charge in [-0.15, -0.1) is 0 Å². The standard InChI is InChI=1S/C13H16N2.C12H18.C4H8.C2H6/c1-10(2)12(4)15-9-11(3)13-5-7-14-8-6-13;1-5-12(3,4)11-8-6-7-10(2)9-11;1-3-4-2;1-2/h5-9H,1H2,2-4H3;6-9H,5H2,1-4H3;3-4H,1-2H3;1-2H3/b11-9+,15-12?;;4-3-;. The van der Waals surface area contributed by atoms with E-state index in [9.17, 15) is 0 Å². The van der Waals surface area contributed by atoms with E-state index in [-0.39, 0.29) is 0 Å². The van der Waals surface area contributed by atoms with Crippen LogP contribution < -0.4 is 0 Å². The fourth-order valence-electron chi connectivity index (χ4n) is 2.26. The molecule has 0 radical (unpaired) electrons. The van der Waals surface area contributed by atoms with Gasteiger partial charge in [-0.1, -0.05) is 83.2 Å². The monoisotopic (exact) mass is 448 g/mol. The van der Waals surface area contributed by atoms with Crippen LogP contribution in [0.2, 0.25) is 0 Å². The molecule has 0 aliphatic heterocycles. The molecule has 0 saturated heterocycles. The van der Waals surface area contributed by atoms with Gasteiger partial charge in [0.05, 0.1) is 0 Å². The van der Waals surface area contributed by atoms with E-state index in [4.69, 9.17) is 0 Å². The average molecular weight is 449 g/mol. The zero-order valence-electron chi connectivity index (χ0n) is 23.2. The molecule has 1 aromatic carbocycles. The van der Waals surface area contributed by atoms with Gasteiger partial charge in [0.15, 0.2) is 0 Å². The summed E-state index contributed by atoms with van der Waals surface area (Å²) in [6, 6.07) is 12.7. The lowest BCUT2D eigenvalue weighted by Gasteiger charge is -2.23. The molecule has 0 spiro atoms. The predicted molar refractivity (Wildman–Crippen MR) is 152 cm³/mol. The predicted octanol–water partition coefficient (Wildman–Crippen LogP) is 9.77. The molecule has 2 aromatic rings. The van der Waals surface area contributed by atoms with Crippen molar-refractivity contribution in [1.29, 1.82) is 0 Å². The van der Waals surface area contributed by atoms with Gasteiger partial charge < -0.3 is 0 Å². The molecule has 2 nitrogen and oxygen atoms in total. The molecule has 2 heteroatoms. The summed E-state index contributed by atoms with van der Waals surface area (Å²) in [6.07, 6.45) is 10.6. The van der Waals surface area contributed by atoms with Crippen molar-refractivity contribution >= 4 is 11.3 Å². The molecule has 2 rings (SSSR count). The molecule has 0 N–H and O–H groups in total. The number of aromatic nitrogens is 1. The van der Waals surface area contributed by atoms with Crippen LogP contribution in [0, 0.1) is 6.92 Å². The van der Waals surface area contributed by atoms with E-state index < -0.39 is 0 Å². The number of rotatable bonds is 5. The van der Waals surface area contributed by atoms with Gasteiger partial charge >= 0.3 is 0 Å². The second-order valence-corrected chi connectivity index (χ2v) is 8.32. The highest BCUT2D eigenvalue weighted by molar-refractivity contribution is 5.97. The minimum atomic E-state index is 0.325. The Balaban J connectivity index is 0. The van der Waals surface area contributed by atoms with Gasteiger partial charge in [-0.05, 0) is 87.8 Å². The number of pyridine rings is 1. The van der Waals surface area contributed by atoms with Crippen LogP contribution in [-0.4, -0.2) is 10.7 Å². The Morgan fingerprint density at radius 1 is 1.00 bits per heavy atom. The fourth-order valence-corrected chi connectivity index (χ4v) is 2.26. The van der Waals surface area contributed by atoms with Crippen LogP contribution in [0.3, 0.4) is 0 Å². The van der Waals surface area contributed by atoms with Crippen LogP contribution in [0.25, 0.3) is 5.57 Å². The van der Waals surface area contributed by atoms with E-state index in [2.05, 4.69) is 68.5 Å². The van der Waals surface area contributed by atoms with E-state index in [1.165, 1.54) is 17.5 Å². The van der Waals surface area contributed by atoms with Crippen molar-refractivity contribution in [2.75, 3.05) is 0 Å².